The third kappa shape index (κ3) is 2.58. The van der Waals surface area contributed by atoms with Gasteiger partial charge in [0.25, 0.3) is 0 Å². The molecule has 1 saturated heterocycles. The summed E-state index contributed by atoms with van der Waals surface area (Å²) in [7, 11) is 1.71. The molecule has 3 unspecified atom stereocenters. The molecule has 1 aromatic heterocycles. The summed E-state index contributed by atoms with van der Waals surface area (Å²) in [6, 6.07) is 1.68. The number of hydrogen-bond donors (Lipinski definition) is 1. The van der Waals surface area contributed by atoms with Gasteiger partial charge in [-0.05, 0) is 36.3 Å². The molecule has 6 heteroatoms. The van der Waals surface area contributed by atoms with E-state index in [-0.39, 0.29) is 24.5 Å². The van der Waals surface area contributed by atoms with Crippen LogP contribution in [0.5, 0.6) is 0 Å². The van der Waals surface area contributed by atoms with Crippen LogP contribution in [0.3, 0.4) is 0 Å². The molecule has 0 saturated carbocycles. The number of ether oxygens (including phenoxy) is 1. The molecule has 2 heterocycles. The Morgan fingerprint density at radius 3 is 3.00 bits per heavy atom. The number of aliphatic carboxylic acids is 1. The third-order valence-electron chi connectivity index (χ3n) is 4.56. The van der Waals surface area contributed by atoms with Crippen molar-refractivity contribution >= 4 is 23.2 Å². The molecule has 0 aromatic carbocycles. The Labute approximate surface area is 127 Å². The number of carboxylic acid groups (broad SMARTS) is 1. The molecule has 5 nitrogen and oxygen atoms in total. The minimum atomic E-state index is -0.892. The molecule has 2 aliphatic rings. The molecule has 1 fully saturated rings. The Hall–Kier alpha value is -1.40. The first-order chi connectivity index (χ1) is 10.1. The number of thiophene rings is 1. The quantitative estimate of drug-likeness (QED) is 0.923. The van der Waals surface area contributed by atoms with Crippen LogP contribution in [0.15, 0.2) is 11.4 Å². The molecule has 0 radical (unpaired) electrons. The van der Waals surface area contributed by atoms with Gasteiger partial charge in [-0.15, -0.1) is 11.3 Å². The number of hydrogen-bond acceptors (Lipinski definition) is 4. The first kappa shape index (κ1) is 14.5. The molecule has 1 aromatic rings. The summed E-state index contributed by atoms with van der Waals surface area (Å²) < 4.78 is 5.27. The average molecular weight is 309 g/mol. The monoisotopic (exact) mass is 309 g/mol. The van der Waals surface area contributed by atoms with E-state index in [0.717, 1.165) is 24.8 Å². The van der Waals surface area contributed by atoms with Crippen LogP contribution in [-0.2, 0) is 20.7 Å². The van der Waals surface area contributed by atoms with Crippen LogP contribution in [0.1, 0.15) is 29.2 Å². The number of likely N-dealkylation sites (N-methyl/N-ethyl adjacent to an activating group) is 1. The number of carbonyl (C=O) groups is 2. The predicted octanol–water partition coefficient (Wildman–Crippen LogP) is 1.73. The molecule has 3 atom stereocenters. The molecular weight excluding hydrogens is 290 g/mol. The Kier molecular flexibility index (Phi) is 3.99. The van der Waals surface area contributed by atoms with Crippen molar-refractivity contribution in [2.75, 3.05) is 20.3 Å². The molecule has 21 heavy (non-hydrogen) atoms. The lowest BCUT2D eigenvalue weighted by molar-refractivity contribution is -0.144. The first-order valence-electron chi connectivity index (χ1n) is 7.23. The first-order valence-corrected chi connectivity index (χ1v) is 8.11. The number of nitrogens with zero attached hydrogens (tertiary/aromatic N) is 1. The highest BCUT2D eigenvalue weighted by molar-refractivity contribution is 7.10. The van der Waals surface area contributed by atoms with E-state index >= 15 is 0 Å². The Morgan fingerprint density at radius 2 is 2.24 bits per heavy atom. The normalized spacial score (nSPS) is 28.1. The maximum Gasteiger partial charge on any atom is 0.311 e. The van der Waals surface area contributed by atoms with Crippen LogP contribution in [0.4, 0.5) is 0 Å². The number of fused-ring (bicyclic) bond motifs is 1. The van der Waals surface area contributed by atoms with E-state index in [1.807, 2.05) is 11.4 Å². The highest BCUT2D eigenvalue weighted by Crippen LogP contribution is 2.36. The van der Waals surface area contributed by atoms with Crippen LogP contribution < -0.4 is 0 Å². The van der Waals surface area contributed by atoms with Crippen molar-refractivity contribution in [2.24, 2.45) is 5.92 Å². The van der Waals surface area contributed by atoms with Gasteiger partial charge in [0.2, 0.25) is 5.91 Å². The molecule has 1 aliphatic heterocycles. The van der Waals surface area contributed by atoms with Crippen LogP contribution >= 0.6 is 11.3 Å². The second kappa shape index (κ2) is 5.77. The van der Waals surface area contributed by atoms with Gasteiger partial charge >= 0.3 is 5.97 Å². The summed E-state index contributed by atoms with van der Waals surface area (Å²) in [5.41, 5.74) is 1.13. The van der Waals surface area contributed by atoms with Gasteiger partial charge < -0.3 is 14.7 Å². The van der Waals surface area contributed by atoms with E-state index in [9.17, 15) is 14.7 Å². The molecule has 1 N–H and O–H groups in total. The van der Waals surface area contributed by atoms with Gasteiger partial charge in [0.05, 0.1) is 25.2 Å². The molecule has 1 amide bonds. The Bertz CT molecular complexity index is 556. The SMILES string of the molecule is CN(C(=O)C1CCCc2sccc21)C1COCC1C(=O)O. The summed E-state index contributed by atoms with van der Waals surface area (Å²) >= 11 is 1.71. The lowest BCUT2D eigenvalue weighted by Crippen LogP contribution is -2.46. The van der Waals surface area contributed by atoms with E-state index in [1.165, 1.54) is 4.88 Å². The largest absolute Gasteiger partial charge is 0.481 e. The van der Waals surface area contributed by atoms with Crippen LogP contribution in [-0.4, -0.2) is 48.2 Å². The molecule has 0 bridgehead atoms. The van der Waals surface area contributed by atoms with Crippen molar-refractivity contribution in [3.8, 4) is 0 Å². The fourth-order valence-corrected chi connectivity index (χ4v) is 4.30. The van der Waals surface area contributed by atoms with Crippen LogP contribution in [0, 0.1) is 5.92 Å². The van der Waals surface area contributed by atoms with Crippen molar-refractivity contribution in [3.05, 3.63) is 21.9 Å². The zero-order valence-electron chi connectivity index (χ0n) is 11.9. The van der Waals surface area contributed by atoms with Gasteiger partial charge in [-0.3, -0.25) is 9.59 Å². The minimum Gasteiger partial charge on any atom is -0.481 e. The van der Waals surface area contributed by atoms with Gasteiger partial charge in [-0.1, -0.05) is 0 Å². The number of amides is 1. The fraction of sp³-hybridized carbons (Fsp3) is 0.600. The summed E-state index contributed by atoms with van der Waals surface area (Å²) in [6.45, 7) is 0.494. The second-order valence-corrected chi connectivity index (χ2v) is 6.74. The van der Waals surface area contributed by atoms with E-state index in [0.29, 0.717) is 6.61 Å². The highest BCUT2D eigenvalue weighted by Gasteiger charge is 2.40. The standard InChI is InChI=1S/C15H19NO4S/c1-16(12-8-20-7-11(12)15(18)19)14(17)10-3-2-4-13-9(10)5-6-21-13/h5-6,10-12H,2-4,7-8H2,1H3,(H,18,19). The van der Waals surface area contributed by atoms with Crippen molar-refractivity contribution in [3.63, 3.8) is 0 Å². The third-order valence-corrected chi connectivity index (χ3v) is 5.56. The number of carboxylic acids is 1. The molecule has 1 aliphatic carbocycles. The van der Waals surface area contributed by atoms with Crippen molar-refractivity contribution < 1.29 is 19.4 Å². The van der Waals surface area contributed by atoms with E-state index in [1.54, 1.807) is 23.3 Å². The van der Waals surface area contributed by atoms with Gasteiger partial charge in [0, 0.05) is 11.9 Å². The average Bonchev–Trinajstić information content (AvgIpc) is 3.13. The number of aryl methyl sites for hydroxylation is 1. The second-order valence-electron chi connectivity index (χ2n) is 5.74. The zero-order valence-corrected chi connectivity index (χ0v) is 12.8. The zero-order chi connectivity index (χ0) is 15.0. The van der Waals surface area contributed by atoms with Crippen LogP contribution in [0.2, 0.25) is 0 Å². The maximum absolute atomic E-state index is 12.8. The molecular formula is C15H19NO4S. The Morgan fingerprint density at radius 1 is 1.43 bits per heavy atom. The number of rotatable bonds is 3. The molecule has 0 spiro atoms. The van der Waals surface area contributed by atoms with Crippen LogP contribution in [0.25, 0.3) is 0 Å². The van der Waals surface area contributed by atoms with Gasteiger partial charge in [0.1, 0.15) is 5.92 Å². The molecule has 3 rings (SSSR count). The van der Waals surface area contributed by atoms with E-state index in [2.05, 4.69) is 0 Å². The fourth-order valence-electron chi connectivity index (χ4n) is 3.31. The maximum atomic E-state index is 12.8. The molecule has 114 valence electrons. The smallest absolute Gasteiger partial charge is 0.311 e. The predicted molar refractivity (Wildman–Crippen MR) is 78.5 cm³/mol. The summed E-state index contributed by atoms with van der Waals surface area (Å²) in [5, 5.41) is 11.3. The summed E-state index contributed by atoms with van der Waals surface area (Å²) in [5.74, 6) is -1.61. The summed E-state index contributed by atoms with van der Waals surface area (Å²) in [6.07, 6.45) is 2.91. The Balaban J connectivity index is 1.78. The van der Waals surface area contributed by atoms with E-state index in [4.69, 9.17) is 4.74 Å². The van der Waals surface area contributed by atoms with Gasteiger partial charge in [-0.2, -0.15) is 0 Å². The van der Waals surface area contributed by atoms with Crippen molar-refractivity contribution in [1.82, 2.24) is 4.90 Å². The minimum absolute atomic E-state index is 0.0242. The van der Waals surface area contributed by atoms with Gasteiger partial charge in [-0.25, -0.2) is 0 Å². The number of carbonyl (C=O) groups excluding carboxylic acids is 1. The highest BCUT2D eigenvalue weighted by atomic mass is 32.1. The lowest BCUT2D eigenvalue weighted by atomic mass is 9.86. The topological polar surface area (TPSA) is 66.8 Å². The summed E-state index contributed by atoms with van der Waals surface area (Å²) in [4.78, 5) is 26.9. The van der Waals surface area contributed by atoms with Crippen molar-refractivity contribution in [1.29, 1.82) is 0 Å². The van der Waals surface area contributed by atoms with Crippen molar-refractivity contribution in [2.45, 2.75) is 31.2 Å². The lowest BCUT2D eigenvalue weighted by Gasteiger charge is -2.31. The van der Waals surface area contributed by atoms with E-state index < -0.39 is 11.9 Å². The van der Waals surface area contributed by atoms with Gasteiger partial charge in [0.15, 0.2) is 0 Å².